The number of carboxylic acids is 4. The minimum Gasteiger partial charge on any atom is -0.543 e. The molecule has 0 heterocycles. The molecule has 14 heavy (non-hydrogen) atoms. The summed E-state index contributed by atoms with van der Waals surface area (Å²) in [5, 5.41) is 35.7. The van der Waals surface area contributed by atoms with E-state index in [1.54, 1.807) is 0 Å². The fourth-order valence-electron chi connectivity index (χ4n) is 0. The Labute approximate surface area is 98.2 Å². The Morgan fingerprint density at radius 1 is 0.571 bits per heavy atom. The Morgan fingerprint density at radius 3 is 0.643 bits per heavy atom. The van der Waals surface area contributed by atoms with Crippen molar-refractivity contribution in [2.45, 2.75) is 0 Å². The summed E-state index contributed by atoms with van der Waals surface area (Å²) in [4.78, 5) is 35.7. The van der Waals surface area contributed by atoms with Crippen LogP contribution in [0, 0.1) is 29.2 Å². The van der Waals surface area contributed by atoms with E-state index in [9.17, 15) is 0 Å². The molecule has 2 N–H and O–H groups in total. The Balaban J connectivity index is -0.0000000625. The van der Waals surface area contributed by atoms with E-state index in [-0.39, 0.29) is 34.7 Å². The number of hydrogen-bond donors (Lipinski definition) is 0. The van der Waals surface area contributed by atoms with Gasteiger partial charge in [-0.05, 0) is 0 Å². The first-order chi connectivity index (χ1) is 5.29. The first kappa shape index (κ1) is 23.0. The van der Waals surface area contributed by atoms with Crippen molar-refractivity contribution in [3.8, 4) is 0 Å². The Hall–Kier alpha value is -1.17. The van der Waals surface area contributed by atoms with Gasteiger partial charge in [0.15, 0.2) is 0 Å². The monoisotopic (exact) mass is 432 g/mol. The summed E-state index contributed by atoms with van der Waals surface area (Å²) >= 11 is 0. The fraction of sp³-hybridized carbons (Fsp3) is 0. The first-order valence-corrected chi connectivity index (χ1v) is 2.13. The maximum absolute atomic E-state index is 8.93. The van der Waals surface area contributed by atoms with Crippen molar-refractivity contribution in [1.82, 2.24) is 0 Å². The topological polar surface area (TPSA) is 192 Å². The van der Waals surface area contributed by atoms with E-state index in [1.165, 1.54) is 0 Å². The number of aliphatic carboxylic acids is 4. The largest absolute Gasteiger partial charge is 0.543 e. The summed E-state index contributed by atoms with van der Waals surface area (Å²) in [5.41, 5.74) is 0. The van der Waals surface area contributed by atoms with Crippen molar-refractivity contribution in [1.29, 1.82) is 0 Å². The molecule has 82 valence electrons. The third kappa shape index (κ3) is 22.4. The van der Waals surface area contributed by atoms with Crippen molar-refractivity contribution in [2.24, 2.45) is 0 Å². The smallest absolute Gasteiger partial charge is 0.0870 e. The molecule has 0 aromatic carbocycles. The van der Waals surface area contributed by atoms with Gasteiger partial charge in [-0.25, -0.2) is 0 Å². The third-order valence-corrected chi connectivity index (χ3v) is 0.333. The maximum Gasteiger partial charge on any atom is 0.0870 e. The van der Waals surface area contributed by atoms with E-state index in [4.69, 9.17) is 39.6 Å². The van der Waals surface area contributed by atoms with Crippen LogP contribution in [0.4, 0.5) is 0 Å². The van der Waals surface area contributed by atoms with Gasteiger partial charge in [0, 0.05) is 29.2 Å². The predicted molar refractivity (Wildman–Crippen MR) is 23.6 cm³/mol. The second-order valence-corrected chi connectivity index (χ2v) is 1.15. The summed E-state index contributed by atoms with van der Waals surface area (Å²) in [6, 6.07) is 0. The fourth-order valence-corrected chi connectivity index (χ4v) is 0. The zero-order valence-corrected chi connectivity index (χ0v) is 9.57. The number of carboxylic acid groups (broad SMARTS) is 4. The molecular formula is C4H2O9Pu-4. The van der Waals surface area contributed by atoms with Gasteiger partial charge in [0.1, 0.15) is 0 Å². The van der Waals surface area contributed by atoms with Crippen LogP contribution in [-0.4, -0.2) is 29.4 Å². The van der Waals surface area contributed by atoms with Crippen LogP contribution in [0.25, 0.3) is 0 Å². The summed E-state index contributed by atoms with van der Waals surface area (Å²) in [7, 11) is 0. The van der Waals surface area contributed by atoms with Gasteiger partial charge in [-0.15, -0.1) is 0 Å². The molecule has 0 aliphatic rings. The molecule has 0 bridgehead atoms. The van der Waals surface area contributed by atoms with Gasteiger partial charge in [0.05, 0.1) is 23.9 Å². The molecule has 0 saturated heterocycles. The normalized spacial score (nSPS) is 6.29. The minimum atomic E-state index is -2.19. The zero-order valence-electron chi connectivity index (χ0n) is 6.17. The van der Waals surface area contributed by atoms with Crippen molar-refractivity contribution in [3.63, 3.8) is 0 Å². The standard InChI is InChI=1S/2C2H2O4.H2O.Pu/c2*3-1(4)2(5)6;;/h2*(H,3,4)(H,5,6);1H2;/p-4. The van der Waals surface area contributed by atoms with Gasteiger partial charge in [0.25, 0.3) is 0 Å². The van der Waals surface area contributed by atoms with Crippen LogP contribution < -0.4 is 20.4 Å². The van der Waals surface area contributed by atoms with E-state index >= 15 is 0 Å². The number of carbonyl (C=O) groups excluding carboxylic acids is 4. The summed E-state index contributed by atoms with van der Waals surface area (Å²) in [5.74, 6) is -8.74. The molecule has 0 aromatic rings. The molecule has 0 rings (SSSR count). The SMILES string of the molecule is O.O=C([O-])C(=O)[O-].O=C([O-])C(=O)[O-].[Pu]. The molecule has 0 fully saturated rings. The van der Waals surface area contributed by atoms with Gasteiger partial charge >= 0.3 is 0 Å². The summed E-state index contributed by atoms with van der Waals surface area (Å²) in [6.45, 7) is 0. The molecule has 0 saturated carbocycles. The Kier molecular flexibility index (Phi) is 19.5. The Morgan fingerprint density at radius 2 is 0.643 bits per heavy atom. The number of hydrogen-bond acceptors (Lipinski definition) is 8. The first-order valence-electron chi connectivity index (χ1n) is 2.13. The van der Waals surface area contributed by atoms with Crippen LogP contribution in [0.1, 0.15) is 0 Å². The zero-order chi connectivity index (χ0) is 10.3. The van der Waals surface area contributed by atoms with Gasteiger partial charge in [-0.1, -0.05) is 0 Å². The van der Waals surface area contributed by atoms with Crippen LogP contribution in [-0.2, 0) is 19.2 Å². The van der Waals surface area contributed by atoms with E-state index < -0.39 is 23.9 Å². The van der Waals surface area contributed by atoms with Gasteiger partial charge in [0.2, 0.25) is 0 Å². The molecule has 0 unspecified atom stereocenters. The molecule has 10 heteroatoms. The van der Waals surface area contributed by atoms with Gasteiger partial charge in [-0.3, -0.25) is 0 Å². The van der Waals surface area contributed by atoms with Gasteiger partial charge in [-0.2, -0.15) is 0 Å². The van der Waals surface area contributed by atoms with E-state index in [2.05, 4.69) is 0 Å². The molecule has 0 amide bonds. The molecule has 0 radical (unpaired) electrons. The quantitative estimate of drug-likeness (QED) is 0.333. The predicted octanol–water partition coefficient (Wildman–Crippen LogP) is -7.85. The van der Waals surface area contributed by atoms with Crippen LogP contribution in [0.15, 0.2) is 0 Å². The third-order valence-electron chi connectivity index (χ3n) is 0.333. The van der Waals surface area contributed by atoms with Crippen molar-refractivity contribution >= 4 is 23.9 Å². The molecule has 0 aromatic heterocycles. The van der Waals surface area contributed by atoms with Gasteiger partial charge < -0.3 is 45.1 Å². The Bertz CT molecular complexity index is 173. The average Bonchev–Trinajstić information content (AvgIpc) is 1.88. The van der Waals surface area contributed by atoms with Crippen molar-refractivity contribution in [2.75, 3.05) is 0 Å². The van der Waals surface area contributed by atoms with Crippen LogP contribution in [0.2, 0.25) is 0 Å². The van der Waals surface area contributed by atoms with Crippen molar-refractivity contribution in [3.05, 3.63) is 0 Å². The minimum absolute atomic E-state index is 0. The molecule has 0 spiro atoms. The second-order valence-electron chi connectivity index (χ2n) is 1.15. The second kappa shape index (κ2) is 11.8. The molecule has 0 aliphatic heterocycles. The summed E-state index contributed by atoms with van der Waals surface area (Å²) < 4.78 is 0. The number of carbonyl (C=O) groups is 4. The van der Waals surface area contributed by atoms with E-state index in [0.29, 0.717) is 0 Å². The van der Waals surface area contributed by atoms with Crippen LogP contribution >= 0.6 is 0 Å². The molecular weight excluding hydrogens is 436 g/mol. The molecule has 0 aliphatic carbocycles. The van der Waals surface area contributed by atoms with Crippen LogP contribution in [0.3, 0.4) is 0 Å². The van der Waals surface area contributed by atoms with Crippen molar-refractivity contribution < 1.29 is 74.3 Å². The summed E-state index contributed by atoms with van der Waals surface area (Å²) in [6.07, 6.45) is 0. The maximum atomic E-state index is 8.93. The van der Waals surface area contributed by atoms with E-state index in [1.807, 2.05) is 0 Å². The van der Waals surface area contributed by atoms with E-state index in [0.717, 1.165) is 0 Å². The average molecular weight is 438 g/mol. The molecule has 0 atom stereocenters. The molecule has 9 nitrogen and oxygen atoms in total. The number of rotatable bonds is 0. The van der Waals surface area contributed by atoms with Crippen LogP contribution in [0.5, 0.6) is 0 Å².